The molecule has 0 saturated heterocycles. The van der Waals surface area contributed by atoms with Crippen molar-refractivity contribution >= 4 is 5.82 Å². The van der Waals surface area contributed by atoms with Gasteiger partial charge in [-0.15, -0.1) is 0 Å². The van der Waals surface area contributed by atoms with Gasteiger partial charge in [0.05, 0.1) is 21.3 Å². The van der Waals surface area contributed by atoms with Crippen LogP contribution >= 0.6 is 0 Å². The zero-order valence-electron chi connectivity index (χ0n) is 14.6. The van der Waals surface area contributed by atoms with Crippen LogP contribution in [0.5, 0.6) is 17.2 Å². The van der Waals surface area contributed by atoms with Crippen LogP contribution in [-0.4, -0.2) is 26.3 Å². The van der Waals surface area contributed by atoms with Gasteiger partial charge >= 0.3 is 0 Å². The van der Waals surface area contributed by atoms with Crippen LogP contribution in [0.1, 0.15) is 23.7 Å². The Labute approximate surface area is 141 Å². The molecule has 0 amide bonds. The molecule has 1 heterocycles. The molecule has 6 nitrogen and oxygen atoms in total. The minimum Gasteiger partial charge on any atom is -0.496 e. The van der Waals surface area contributed by atoms with E-state index in [9.17, 15) is 5.26 Å². The lowest BCUT2D eigenvalue weighted by Crippen LogP contribution is -2.06. The molecule has 2 rings (SSSR count). The number of benzene rings is 1. The molecule has 1 aromatic heterocycles. The minimum atomic E-state index is 0.215. The monoisotopic (exact) mass is 327 g/mol. The van der Waals surface area contributed by atoms with Gasteiger partial charge in [0.1, 0.15) is 23.2 Å². The number of nitriles is 1. The number of nitrogens with two attached hydrogens (primary N) is 1. The molecule has 0 aliphatic rings. The van der Waals surface area contributed by atoms with Crippen LogP contribution in [0.15, 0.2) is 12.1 Å². The normalized spacial score (nSPS) is 10.2. The first-order valence-corrected chi connectivity index (χ1v) is 7.51. The number of rotatable bonds is 5. The van der Waals surface area contributed by atoms with Crippen LogP contribution in [0.25, 0.3) is 11.1 Å². The number of aryl methyl sites for hydroxylation is 1. The molecule has 0 radical (unpaired) electrons. The number of pyridine rings is 1. The van der Waals surface area contributed by atoms with Gasteiger partial charge in [0.25, 0.3) is 0 Å². The standard InChI is InChI=1S/C18H21N3O3/c1-6-13-10(2)17(12(9-19)18(20)21-13)11-7-15(23-4)16(24-5)8-14(11)22-3/h7-8H,6H2,1-5H3,(H2,20,21). The SMILES string of the molecule is CCc1nc(N)c(C#N)c(-c2cc(OC)c(OC)cc2OC)c1C. The maximum absolute atomic E-state index is 9.57. The Morgan fingerprint density at radius 2 is 1.67 bits per heavy atom. The molecule has 1 aromatic carbocycles. The van der Waals surface area contributed by atoms with E-state index in [1.54, 1.807) is 33.5 Å². The molecule has 24 heavy (non-hydrogen) atoms. The maximum Gasteiger partial charge on any atom is 0.164 e. The highest BCUT2D eigenvalue weighted by molar-refractivity contribution is 5.84. The molecular formula is C18H21N3O3. The third-order valence-electron chi connectivity index (χ3n) is 3.99. The topological polar surface area (TPSA) is 90.4 Å². The number of nitrogens with zero attached hydrogens (tertiary/aromatic N) is 2. The van der Waals surface area contributed by atoms with Crippen molar-refractivity contribution in [3.05, 3.63) is 29.0 Å². The van der Waals surface area contributed by atoms with E-state index in [1.807, 2.05) is 13.8 Å². The van der Waals surface area contributed by atoms with Crippen LogP contribution in [0.3, 0.4) is 0 Å². The number of hydrogen-bond acceptors (Lipinski definition) is 6. The van der Waals surface area contributed by atoms with Gasteiger partial charge in [-0.2, -0.15) is 5.26 Å². The number of aromatic nitrogens is 1. The van der Waals surface area contributed by atoms with Crippen molar-refractivity contribution in [2.45, 2.75) is 20.3 Å². The van der Waals surface area contributed by atoms with E-state index in [-0.39, 0.29) is 5.82 Å². The summed E-state index contributed by atoms with van der Waals surface area (Å²) in [7, 11) is 4.69. The van der Waals surface area contributed by atoms with Crippen molar-refractivity contribution in [2.24, 2.45) is 0 Å². The molecule has 0 aliphatic carbocycles. The highest BCUT2D eigenvalue weighted by Crippen LogP contribution is 2.43. The Balaban J connectivity index is 2.90. The number of methoxy groups -OCH3 is 3. The van der Waals surface area contributed by atoms with Crippen LogP contribution in [0.2, 0.25) is 0 Å². The molecule has 0 atom stereocenters. The lowest BCUT2D eigenvalue weighted by Gasteiger charge is -2.18. The fraction of sp³-hybridized carbons (Fsp3) is 0.333. The van der Waals surface area contributed by atoms with E-state index in [0.717, 1.165) is 11.3 Å². The Morgan fingerprint density at radius 3 is 2.17 bits per heavy atom. The molecule has 0 bridgehead atoms. The zero-order chi connectivity index (χ0) is 17.9. The summed E-state index contributed by atoms with van der Waals surface area (Å²) in [5, 5.41) is 9.57. The van der Waals surface area contributed by atoms with Gasteiger partial charge in [-0.05, 0) is 25.0 Å². The zero-order valence-corrected chi connectivity index (χ0v) is 14.6. The second-order valence-electron chi connectivity index (χ2n) is 5.19. The summed E-state index contributed by atoms with van der Waals surface area (Å²) in [5.41, 5.74) is 9.50. The Hall–Kier alpha value is -2.94. The summed E-state index contributed by atoms with van der Waals surface area (Å²) >= 11 is 0. The van der Waals surface area contributed by atoms with E-state index in [4.69, 9.17) is 19.9 Å². The molecule has 0 unspecified atom stereocenters. The van der Waals surface area contributed by atoms with Crippen LogP contribution in [0.4, 0.5) is 5.82 Å². The molecule has 0 spiro atoms. The molecule has 2 aromatic rings. The van der Waals surface area contributed by atoms with Gasteiger partial charge in [-0.1, -0.05) is 6.92 Å². The summed E-state index contributed by atoms with van der Waals surface area (Å²) < 4.78 is 16.2. The maximum atomic E-state index is 9.57. The molecule has 0 aliphatic heterocycles. The molecule has 2 N–H and O–H groups in total. The quantitative estimate of drug-likeness (QED) is 0.907. The summed E-state index contributed by atoms with van der Waals surface area (Å²) in [6.07, 6.45) is 0.713. The van der Waals surface area contributed by atoms with Gasteiger partial charge in [-0.25, -0.2) is 4.98 Å². The van der Waals surface area contributed by atoms with Gasteiger partial charge < -0.3 is 19.9 Å². The van der Waals surface area contributed by atoms with Crippen molar-refractivity contribution in [2.75, 3.05) is 27.1 Å². The third kappa shape index (κ3) is 2.81. The van der Waals surface area contributed by atoms with Crippen LogP contribution < -0.4 is 19.9 Å². The van der Waals surface area contributed by atoms with E-state index in [1.165, 1.54) is 0 Å². The predicted molar refractivity (Wildman–Crippen MR) is 92.6 cm³/mol. The number of nitrogen functional groups attached to an aromatic ring is 1. The Kier molecular flexibility index (Phi) is 5.14. The summed E-state index contributed by atoms with van der Waals surface area (Å²) in [4.78, 5) is 4.34. The second-order valence-corrected chi connectivity index (χ2v) is 5.19. The fourth-order valence-electron chi connectivity index (χ4n) is 2.76. The predicted octanol–water partition coefficient (Wildman–Crippen LogP) is 3.10. The number of ether oxygens (including phenoxy) is 3. The highest BCUT2D eigenvalue weighted by atomic mass is 16.5. The van der Waals surface area contributed by atoms with Crippen LogP contribution in [-0.2, 0) is 6.42 Å². The highest BCUT2D eigenvalue weighted by Gasteiger charge is 2.21. The second kappa shape index (κ2) is 7.09. The van der Waals surface area contributed by atoms with Crippen molar-refractivity contribution in [3.8, 4) is 34.4 Å². The van der Waals surface area contributed by atoms with Crippen LogP contribution in [0, 0.1) is 18.3 Å². The lowest BCUT2D eigenvalue weighted by molar-refractivity contribution is 0.349. The van der Waals surface area contributed by atoms with E-state index < -0.39 is 0 Å². The minimum absolute atomic E-state index is 0.215. The first-order valence-electron chi connectivity index (χ1n) is 7.51. The Morgan fingerprint density at radius 1 is 1.08 bits per heavy atom. The molecule has 126 valence electrons. The van der Waals surface area contributed by atoms with Gasteiger partial charge in [0, 0.05) is 22.9 Å². The molecular weight excluding hydrogens is 306 g/mol. The van der Waals surface area contributed by atoms with E-state index >= 15 is 0 Å². The van der Waals surface area contributed by atoms with E-state index in [0.29, 0.717) is 40.4 Å². The third-order valence-corrected chi connectivity index (χ3v) is 3.99. The summed E-state index contributed by atoms with van der Waals surface area (Å²) in [6, 6.07) is 5.68. The molecule has 0 fully saturated rings. The van der Waals surface area contributed by atoms with Crippen molar-refractivity contribution in [3.63, 3.8) is 0 Å². The van der Waals surface area contributed by atoms with E-state index in [2.05, 4.69) is 11.1 Å². The summed E-state index contributed by atoms with van der Waals surface area (Å²) in [6.45, 7) is 3.92. The number of anilines is 1. The fourth-order valence-corrected chi connectivity index (χ4v) is 2.76. The van der Waals surface area contributed by atoms with Gasteiger partial charge in [-0.3, -0.25) is 0 Å². The number of hydrogen-bond donors (Lipinski definition) is 1. The van der Waals surface area contributed by atoms with Gasteiger partial charge in [0.15, 0.2) is 11.5 Å². The smallest absolute Gasteiger partial charge is 0.164 e. The van der Waals surface area contributed by atoms with Crippen molar-refractivity contribution in [1.82, 2.24) is 4.98 Å². The molecule has 6 heteroatoms. The first kappa shape index (κ1) is 17.4. The molecule has 0 saturated carbocycles. The average molecular weight is 327 g/mol. The lowest BCUT2D eigenvalue weighted by atomic mass is 9.93. The van der Waals surface area contributed by atoms with Crippen molar-refractivity contribution < 1.29 is 14.2 Å². The van der Waals surface area contributed by atoms with Crippen molar-refractivity contribution in [1.29, 1.82) is 5.26 Å². The average Bonchev–Trinajstić information content (AvgIpc) is 2.61. The first-order chi connectivity index (χ1) is 11.5. The van der Waals surface area contributed by atoms with Gasteiger partial charge in [0.2, 0.25) is 0 Å². The largest absolute Gasteiger partial charge is 0.496 e. The summed E-state index contributed by atoms with van der Waals surface area (Å²) in [5.74, 6) is 1.88. The Bertz CT molecular complexity index is 810.